The fourth-order valence-corrected chi connectivity index (χ4v) is 12.7. The molecule has 0 aliphatic carbocycles. The lowest BCUT2D eigenvalue weighted by Gasteiger charge is -2.15. The first-order valence-corrected chi connectivity index (χ1v) is 33.1. The smallest absolute Gasteiger partial charge is 0.356 e. The molecular weight excluding hydrogens is 1410 g/mol. The maximum absolute atomic E-state index is 12.8. The van der Waals surface area contributed by atoms with E-state index in [0.717, 1.165) is 73.8 Å². The van der Waals surface area contributed by atoms with Crippen molar-refractivity contribution in [3.63, 3.8) is 0 Å². The molecule has 0 saturated carbocycles. The molecule has 496 valence electrons. The van der Waals surface area contributed by atoms with Crippen LogP contribution in [0, 0.1) is 17.0 Å². The molecule has 94 heavy (non-hydrogen) atoms. The fourth-order valence-electron chi connectivity index (χ4n) is 8.19. The second-order valence-corrected chi connectivity index (χ2v) is 27.1. The molecule has 8 rings (SSSR count). The minimum absolute atomic E-state index is 0.0109. The van der Waals surface area contributed by atoms with Gasteiger partial charge in [-0.25, -0.2) is 19.5 Å². The number of azo groups is 4. The number of hydrogen-bond acceptors (Lipinski definition) is 32. The Morgan fingerprint density at radius 3 is 1.67 bits per heavy atom. The molecule has 0 aliphatic rings. The number of rotatable bonds is 20. The topological polar surface area (TPSA) is 686 Å². The number of aromatic hydroxyl groups is 2. The van der Waals surface area contributed by atoms with E-state index in [2.05, 4.69) is 55.4 Å². The maximum Gasteiger partial charge on any atom is 0.356 e. The number of anilines is 1. The molecule has 1 heterocycles. The summed E-state index contributed by atoms with van der Waals surface area (Å²) in [5, 5.41) is 92.5. The van der Waals surface area contributed by atoms with Gasteiger partial charge < -0.3 is 26.2 Å². The first kappa shape index (κ1) is 71.3. The van der Waals surface area contributed by atoms with Crippen LogP contribution >= 0.6 is 12.0 Å². The third-order valence-corrected chi connectivity index (χ3v) is 18.0. The number of hydrogen-bond donors (Lipinski definition) is 13. The van der Waals surface area contributed by atoms with Gasteiger partial charge >= 0.3 is 11.9 Å². The summed E-state index contributed by atoms with van der Waals surface area (Å²) in [7, 11) is -29.8. The van der Waals surface area contributed by atoms with Crippen LogP contribution in [0.3, 0.4) is 0 Å². The number of carbonyl (C=O) groups is 2. The molecule has 49 heteroatoms. The molecule has 0 aliphatic heterocycles. The van der Waals surface area contributed by atoms with Gasteiger partial charge in [0.15, 0.2) is 22.9 Å². The number of aryl methyl sites for hydroxylation is 1. The number of fused-ring (bicyclic) bond motifs is 2. The Balaban J connectivity index is 0.000000303. The first-order chi connectivity index (χ1) is 43.4. The molecule has 0 spiro atoms. The lowest BCUT2D eigenvalue weighted by Crippen LogP contribution is -2.14. The molecule has 0 bridgehead atoms. The largest absolute Gasteiger partial charge is 0.505 e. The molecule has 0 saturated heterocycles. The monoisotopic (exact) mass is 1450 g/mol. The van der Waals surface area contributed by atoms with E-state index in [0.29, 0.717) is 22.9 Å². The first-order valence-electron chi connectivity index (χ1n) is 23.8. The fraction of sp³-hybridized carbons (Fsp3) is 0.0444. The summed E-state index contributed by atoms with van der Waals surface area (Å²) in [5.41, 5.74) is -3.62. The number of phenols is 2. The SMILES string of the molecule is CN=Nc1c(S(=O)(=O)O)cc2c(S(=O)(=O)O)c(N=Nc3cc(S(=O)(=O)O)c4cc(SOOO)c(N=Nc5ccc([N+](=O)[O-])cc5S(=O)(=O)O)c(O)c4c3N)ccc2c1O.Cc1cc(C(=O)O)c(N=Nc2c(C(=O)O)[nH]n(-c3ccc(S(=O)(=O)O)cc3)c2=O)c(S(=O)(=O)O)c1. The van der Waals surface area contributed by atoms with Crippen LogP contribution in [0.2, 0.25) is 0 Å². The normalized spacial score (nSPS) is 12.8. The van der Waals surface area contributed by atoms with E-state index >= 15 is 0 Å². The average molecular weight is 1450 g/mol. The highest BCUT2D eigenvalue weighted by molar-refractivity contribution is 7.94. The summed E-state index contributed by atoms with van der Waals surface area (Å²) < 4.78 is 208. The minimum Gasteiger partial charge on any atom is -0.505 e. The summed E-state index contributed by atoms with van der Waals surface area (Å²) in [4.78, 5) is 39.6. The molecule has 1 aromatic heterocycles. The van der Waals surface area contributed by atoms with Gasteiger partial charge in [-0.3, -0.25) is 47.3 Å². The van der Waals surface area contributed by atoms with Gasteiger partial charge in [-0.05, 0) is 85.3 Å². The second kappa shape index (κ2) is 26.5. The number of nitrogen functional groups attached to an aromatic ring is 1. The van der Waals surface area contributed by atoms with Gasteiger partial charge in [-0.15, -0.1) is 35.0 Å². The van der Waals surface area contributed by atoms with Crippen LogP contribution in [0.1, 0.15) is 26.4 Å². The van der Waals surface area contributed by atoms with Gasteiger partial charge in [0.05, 0.1) is 49.1 Å². The Morgan fingerprint density at radius 1 is 0.585 bits per heavy atom. The third-order valence-electron chi connectivity index (χ3n) is 12.1. The third kappa shape index (κ3) is 15.2. The second-order valence-electron chi connectivity index (χ2n) is 18.0. The van der Waals surface area contributed by atoms with Crippen molar-refractivity contribution >= 4 is 157 Å². The van der Waals surface area contributed by atoms with E-state index in [1.165, 1.54) is 6.92 Å². The number of carboxylic acid groups (broad SMARTS) is 2. The molecule has 7 aromatic carbocycles. The Bertz CT molecular complexity index is 5490. The van der Waals surface area contributed by atoms with Crippen molar-refractivity contribution in [1.29, 1.82) is 0 Å². The van der Waals surface area contributed by atoms with Crippen LogP contribution in [-0.2, 0) is 70.1 Å². The minimum atomic E-state index is -5.47. The number of aromatic carboxylic acids is 2. The summed E-state index contributed by atoms with van der Waals surface area (Å²) in [6.45, 7) is 1.35. The maximum atomic E-state index is 12.8. The Morgan fingerprint density at radius 2 is 1.14 bits per heavy atom. The number of non-ortho nitro benzene ring substituents is 1. The quantitative estimate of drug-likeness (QED) is 0.00663. The van der Waals surface area contributed by atoms with Crippen molar-refractivity contribution in [3.8, 4) is 17.2 Å². The van der Waals surface area contributed by atoms with Crippen LogP contribution in [0.15, 0.2) is 165 Å². The Kier molecular flexibility index (Phi) is 20.1. The zero-order chi connectivity index (χ0) is 70.3. The number of carboxylic acids is 2. The van der Waals surface area contributed by atoms with Crippen LogP contribution in [0.4, 0.5) is 51.2 Å². The Labute approximate surface area is 526 Å². The van der Waals surface area contributed by atoms with E-state index in [-0.39, 0.29) is 23.3 Å². The lowest BCUT2D eigenvalue weighted by atomic mass is 10.0. The highest BCUT2D eigenvalue weighted by atomic mass is 32.2. The molecule has 8 aromatic rings. The molecule has 0 atom stereocenters. The van der Waals surface area contributed by atoms with E-state index in [1.54, 1.807) is 0 Å². The van der Waals surface area contributed by atoms with Crippen LogP contribution in [0.25, 0.3) is 27.2 Å². The highest BCUT2D eigenvalue weighted by Gasteiger charge is 2.31. The van der Waals surface area contributed by atoms with Gasteiger partial charge in [0.25, 0.3) is 72.0 Å². The van der Waals surface area contributed by atoms with Crippen molar-refractivity contribution in [2.75, 3.05) is 12.8 Å². The number of nitrogens with zero attached hydrogens (tertiary/aromatic N) is 10. The number of benzene rings is 7. The number of H-pyrrole nitrogens is 1. The number of nitrogens with one attached hydrogen (secondary N) is 1. The molecule has 0 unspecified atom stereocenters. The van der Waals surface area contributed by atoms with Crippen molar-refractivity contribution in [2.45, 2.75) is 41.2 Å². The van der Waals surface area contributed by atoms with Gasteiger partial charge in [0, 0.05) is 35.3 Å². The predicted octanol–water partition coefficient (Wildman–Crippen LogP) is 7.63. The van der Waals surface area contributed by atoms with E-state index in [1.807, 2.05) is 0 Å². The summed E-state index contributed by atoms with van der Waals surface area (Å²) in [6.07, 6.45) is 0. The van der Waals surface area contributed by atoms with Crippen molar-refractivity contribution in [1.82, 2.24) is 9.78 Å². The number of phenolic OH excluding ortho intramolecular Hbond substituents is 2. The lowest BCUT2D eigenvalue weighted by molar-refractivity contribution is -0.432. The van der Waals surface area contributed by atoms with Crippen molar-refractivity contribution in [2.24, 2.45) is 40.9 Å². The Hall–Kier alpha value is -10.1. The number of nitro benzene ring substituents is 1. The molecule has 14 N–H and O–H groups in total. The van der Waals surface area contributed by atoms with Crippen LogP contribution in [0.5, 0.6) is 11.5 Å². The van der Waals surface area contributed by atoms with Crippen LogP contribution < -0.4 is 11.3 Å². The molecular formula is C45H34N12O30S7. The predicted molar refractivity (Wildman–Crippen MR) is 313 cm³/mol. The summed E-state index contributed by atoms with van der Waals surface area (Å²) >= 11 is 0.0109. The van der Waals surface area contributed by atoms with Gasteiger partial charge in [0.2, 0.25) is 0 Å². The molecule has 0 radical (unpaired) electrons. The number of aromatic amines is 1. The zero-order valence-corrected chi connectivity index (χ0v) is 51.4. The number of nitrogens with two attached hydrogens (primary N) is 1. The van der Waals surface area contributed by atoms with Crippen molar-refractivity contribution in [3.05, 3.63) is 122 Å². The van der Waals surface area contributed by atoms with Gasteiger partial charge in [-0.2, -0.15) is 60.7 Å². The van der Waals surface area contributed by atoms with E-state index in [4.69, 9.17) is 15.5 Å². The number of aromatic nitrogens is 2. The van der Waals surface area contributed by atoms with Gasteiger partial charge in [0.1, 0.15) is 58.6 Å². The zero-order valence-electron chi connectivity index (χ0n) is 45.7. The van der Waals surface area contributed by atoms with Gasteiger partial charge in [-0.1, -0.05) is 5.04 Å². The highest BCUT2D eigenvalue weighted by Crippen LogP contribution is 2.51. The summed E-state index contributed by atoms with van der Waals surface area (Å²) in [5.74, 6) is -5.52. The van der Waals surface area contributed by atoms with E-state index < -0.39 is 213 Å². The van der Waals surface area contributed by atoms with Crippen LogP contribution in [-0.4, -0.2) is 137 Å². The molecule has 42 nitrogen and oxygen atoms in total. The number of nitro groups is 1. The summed E-state index contributed by atoms with van der Waals surface area (Å²) in [6, 6.07) is 11.5. The van der Waals surface area contributed by atoms with Crippen molar-refractivity contribution < 1.29 is 127 Å². The van der Waals surface area contributed by atoms with E-state index in [9.17, 15) is 118 Å². The average Bonchev–Trinajstić information content (AvgIpc) is 0.979. The molecule has 0 fully saturated rings. The molecule has 0 amide bonds. The standard InChI is InChI=1S/C27H20N8O19S5.C18H14N4O11S2/c1-29-33-24-20(58(47,48)49)8-12-11(25(24)36)3-5-15(27(12)59(50,51)52)31-32-16-9-18(56(41,42)43)13-7-17(55-54-53-40)23(26(37)21(13)22(16)28)34-30-14-4-2-10(35(38)39)6-19(14)57(44,45)46;1-8-6-11(17(24)25)13(12(7-8)35(31,32)33)19-20-14-15(18(26)27)21-22(16(14)23)9-2-4-10(5-3-9)34(28,29)30/h2-9,36-37,40H,28H2,1H3,(H,41,42,43)(H,44,45,46)(H,47,48,49)(H,50,51,52);2-7,21H,1H3,(H,24,25)(H,26,27)(H,28,29,30)(H,31,32,33).